The predicted octanol–water partition coefficient (Wildman–Crippen LogP) is 3.65. The molecule has 0 saturated carbocycles. The lowest BCUT2D eigenvalue weighted by Gasteiger charge is -2.10. The van der Waals surface area contributed by atoms with Crippen LogP contribution in [-0.2, 0) is 22.6 Å². The Hall–Kier alpha value is -3.61. The van der Waals surface area contributed by atoms with Crippen LogP contribution in [0.1, 0.15) is 11.1 Å². The van der Waals surface area contributed by atoms with Crippen LogP contribution in [0.3, 0.4) is 0 Å². The summed E-state index contributed by atoms with van der Waals surface area (Å²) in [7, 11) is -4.74. The van der Waals surface area contributed by atoms with Crippen molar-refractivity contribution in [1.29, 1.82) is 0 Å². The molecule has 172 valence electrons. The highest BCUT2D eigenvalue weighted by Crippen LogP contribution is 2.30. The lowest BCUT2D eigenvalue weighted by molar-refractivity contribution is -0.137. The van der Waals surface area contributed by atoms with Gasteiger partial charge in [0.25, 0.3) is 5.56 Å². The van der Waals surface area contributed by atoms with Crippen molar-refractivity contribution in [2.45, 2.75) is 23.4 Å². The van der Waals surface area contributed by atoms with E-state index in [1.165, 1.54) is 41.4 Å². The molecule has 0 amide bonds. The molecule has 0 aliphatic rings. The van der Waals surface area contributed by atoms with Crippen molar-refractivity contribution in [2.24, 2.45) is 0 Å². The minimum atomic E-state index is -4.74. The Morgan fingerprint density at radius 2 is 1.73 bits per heavy atom. The van der Waals surface area contributed by atoms with E-state index in [1.54, 1.807) is 0 Å². The number of rotatable bonds is 5. The third-order valence-electron chi connectivity index (χ3n) is 4.81. The highest BCUT2D eigenvalue weighted by Gasteiger charge is 2.31. The lowest BCUT2D eigenvalue weighted by Crippen LogP contribution is -2.21. The van der Waals surface area contributed by atoms with Gasteiger partial charge in [0.1, 0.15) is 11.7 Å². The second-order valence-electron chi connectivity index (χ2n) is 6.97. The number of hydrogen-bond acceptors (Lipinski definition) is 5. The molecule has 0 aliphatic carbocycles. The van der Waals surface area contributed by atoms with E-state index in [0.717, 1.165) is 28.9 Å². The summed E-state index contributed by atoms with van der Waals surface area (Å²) in [5.74, 6) is -3.55. The van der Waals surface area contributed by atoms with Crippen molar-refractivity contribution < 1.29 is 30.4 Å². The van der Waals surface area contributed by atoms with Crippen LogP contribution in [0.2, 0.25) is 0 Å². The molecule has 13 heteroatoms. The second kappa shape index (κ2) is 8.06. The van der Waals surface area contributed by atoms with Crippen molar-refractivity contribution in [2.75, 3.05) is 0 Å². The van der Waals surface area contributed by atoms with Crippen LogP contribution in [-0.4, -0.2) is 33.5 Å². The number of benzene rings is 2. The zero-order valence-corrected chi connectivity index (χ0v) is 17.2. The molecule has 7 nitrogen and oxygen atoms in total. The SMILES string of the molecule is O=c1c2cnn(-c3cccc(C(F)(F)F)c3)c2ncn1Cc1ccc(S(=O)(=O)C(F)F)cc1. The van der Waals surface area contributed by atoms with Crippen LogP contribution >= 0.6 is 0 Å². The Balaban J connectivity index is 1.66. The van der Waals surface area contributed by atoms with Gasteiger partial charge in [0.05, 0.1) is 28.9 Å². The topological polar surface area (TPSA) is 86.8 Å². The van der Waals surface area contributed by atoms with Crippen molar-refractivity contribution in [1.82, 2.24) is 19.3 Å². The highest BCUT2D eigenvalue weighted by atomic mass is 32.2. The molecule has 2 heterocycles. The monoisotopic (exact) mass is 484 g/mol. The van der Waals surface area contributed by atoms with Gasteiger partial charge in [-0.05, 0) is 35.9 Å². The molecular formula is C20H13F5N4O3S. The Morgan fingerprint density at radius 3 is 2.36 bits per heavy atom. The minimum Gasteiger partial charge on any atom is -0.294 e. The smallest absolute Gasteiger partial charge is 0.294 e. The van der Waals surface area contributed by atoms with E-state index < -0.39 is 37.8 Å². The highest BCUT2D eigenvalue weighted by molar-refractivity contribution is 7.91. The molecule has 0 N–H and O–H groups in total. The summed E-state index contributed by atoms with van der Waals surface area (Å²) in [5.41, 5.74) is -0.859. The molecule has 4 aromatic rings. The number of fused-ring (bicyclic) bond motifs is 1. The summed E-state index contributed by atoms with van der Waals surface area (Å²) < 4.78 is 89.6. The van der Waals surface area contributed by atoms with E-state index in [1.807, 2.05) is 0 Å². The molecule has 2 aromatic carbocycles. The van der Waals surface area contributed by atoms with Gasteiger partial charge in [-0.2, -0.15) is 27.1 Å². The fraction of sp³-hybridized carbons (Fsp3) is 0.150. The average Bonchev–Trinajstić information content (AvgIpc) is 3.20. The van der Waals surface area contributed by atoms with Crippen LogP contribution in [0.5, 0.6) is 0 Å². The number of aromatic nitrogens is 4. The Bertz CT molecular complexity index is 1490. The van der Waals surface area contributed by atoms with Crippen molar-refractivity contribution in [3.05, 3.63) is 82.5 Å². The van der Waals surface area contributed by atoms with E-state index in [2.05, 4.69) is 10.1 Å². The van der Waals surface area contributed by atoms with Gasteiger partial charge in [-0.25, -0.2) is 18.1 Å². The fourth-order valence-corrected chi connectivity index (χ4v) is 3.87. The van der Waals surface area contributed by atoms with Gasteiger partial charge in [-0.3, -0.25) is 9.36 Å². The molecule has 4 rings (SSSR count). The fourth-order valence-electron chi connectivity index (χ4n) is 3.15. The quantitative estimate of drug-likeness (QED) is 0.404. The first kappa shape index (κ1) is 22.6. The third-order valence-corrected chi connectivity index (χ3v) is 6.21. The minimum absolute atomic E-state index is 0.0480. The molecule has 2 aromatic heterocycles. The standard InChI is InChI=1S/C20H13F5N4O3S/c21-19(22)33(31,32)15-6-4-12(5-7-15)10-28-11-26-17-16(18(28)30)9-27-29(17)14-3-1-2-13(8-14)20(23,24)25/h1-9,11,19H,10H2. The molecular weight excluding hydrogens is 471 g/mol. The maximum atomic E-state index is 13.0. The normalized spacial score (nSPS) is 12.5. The molecule has 33 heavy (non-hydrogen) atoms. The molecule has 0 unspecified atom stereocenters. The number of alkyl halides is 5. The summed E-state index contributed by atoms with van der Waals surface area (Å²) in [6.45, 7) is -0.0501. The summed E-state index contributed by atoms with van der Waals surface area (Å²) in [4.78, 5) is 16.4. The summed E-state index contributed by atoms with van der Waals surface area (Å²) in [5, 5.41) is 4.04. The van der Waals surface area contributed by atoms with E-state index in [-0.39, 0.29) is 23.3 Å². The van der Waals surface area contributed by atoms with Gasteiger partial charge in [-0.15, -0.1) is 0 Å². The summed E-state index contributed by atoms with van der Waals surface area (Å²) >= 11 is 0. The average molecular weight is 484 g/mol. The van der Waals surface area contributed by atoms with E-state index >= 15 is 0 Å². The zero-order valence-electron chi connectivity index (χ0n) is 16.4. The predicted molar refractivity (Wildman–Crippen MR) is 107 cm³/mol. The van der Waals surface area contributed by atoms with Crippen LogP contribution < -0.4 is 5.56 Å². The van der Waals surface area contributed by atoms with Gasteiger partial charge in [0, 0.05) is 0 Å². The first-order valence-corrected chi connectivity index (χ1v) is 10.7. The lowest BCUT2D eigenvalue weighted by atomic mass is 10.2. The summed E-state index contributed by atoms with van der Waals surface area (Å²) in [6, 6.07) is 9.01. The molecule has 0 saturated heterocycles. The first-order valence-electron chi connectivity index (χ1n) is 9.20. The largest absolute Gasteiger partial charge is 0.416 e. The number of hydrogen-bond donors (Lipinski definition) is 0. The Kier molecular flexibility index (Phi) is 5.52. The van der Waals surface area contributed by atoms with Crippen molar-refractivity contribution >= 4 is 20.9 Å². The van der Waals surface area contributed by atoms with Crippen LogP contribution in [0.4, 0.5) is 22.0 Å². The second-order valence-corrected chi connectivity index (χ2v) is 8.89. The van der Waals surface area contributed by atoms with Crippen LogP contribution in [0.25, 0.3) is 16.7 Å². The van der Waals surface area contributed by atoms with Gasteiger partial charge in [0.15, 0.2) is 5.65 Å². The van der Waals surface area contributed by atoms with Crippen molar-refractivity contribution in [3.63, 3.8) is 0 Å². The molecule has 0 bridgehead atoms. The van der Waals surface area contributed by atoms with Gasteiger partial charge in [-0.1, -0.05) is 18.2 Å². The van der Waals surface area contributed by atoms with Crippen LogP contribution in [0, 0.1) is 0 Å². The maximum absolute atomic E-state index is 13.0. The maximum Gasteiger partial charge on any atom is 0.416 e. The van der Waals surface area contributed by atoms with Crippen LogP contribution in [0.15, 0.2) is 70.7 Å². The zero-order chi connectivity index (χ0) is 24.0. The van der Waals surface area contributed by atoms with E-state index in [9.17, 15) is 35.2 Å². The Morgan fingerprint density at radius 1 is 1.03 bits per heavy atom. The van der Waals surface area contributed by atoms with Crippen molar-refractivity contribution in [3.8, 4) is 5.69 Å². The van der Waals surface area contributed by atoms with E-state index in [0.29, 0.717) is 5.56 Å². The number of halogens is 5. The Labute approximate surface area is 182 Å². The van der Waals surface area contributed by atoms with Gasteiger partial charge >= 0.3 is 11.9 Å². The number of sulfone groups is 1. The molecule has 0 fully saturated rings. The first-order chi connectivity index (χ1) is 15.5. The molecule has 0 aliphatic heterocycles. The molecule has 0 spiro atoms. The van der Waals surface area contributed by atoms with Gasteiger partial charge in [0.2, 0.25) is 9.84 Å². The molecule has 0 atom stereocenters. The molecule has 0 radical (unpaired) electrons. The number of nitrogens with zero attached hydrogens (tertiary/aromatic N) is 4. The van der Waals surface area contributed by atoms with Gasteiger partial charge < -0.3 is 0 Å². The third kappa shape index (κ3) is 4.23. The van der Waals surface area contributed by atoms with E-state index in [4.69, 9.17) is 0 Å². The summed E-state index contributed by atoms with van der Waals surface area (Å²) in [6.07, 6.45) is -2.21.